The van der Waals surface area contributed by atoms with E-state index in [1.807, 2.05) is 66.7 Å². The molecule has 5 heterocycles. The summed E-state index contributed by atoms with van der Waals surface area (Å²) >= 11 is 6.12. The van der Waals surface area contributed by atoms with E-state index in [9.17, 15) is 4.79 Å². The molecule has 2 unspecified atom stereocenters. The Kier molecular flexibility index (Phi) is 5.27. The average molecular weight is 473 g/mol. The third-order valence-electron chi connectivity index (χ3n) is 6.94. The van der Waals surface area contributed by atoms with Crippen molar-refractivity contribution in [2.75, 3.05) is 20.2 Å². The normalized spacial score (nSPS) is 19.8. The van der Waals surface area contributed by atoms with Crippen molar-refractivity contribution >= 4 is 23.2 Å². The van der Waals surface area contributed by atoms with Gasteiger partial charge in [-0.1, -0.05) is 35.9 Å². The molecule has 7 heteroatoms. The van der Waals surface area contributed by atoms with E-state index in [0.29, 0.717) is 16.3 Å². The minimum absolute atomic E-state index is 0.0939. The standard InChI is InChI=1S/C27H25ClN4O2/c1-34-23-6-4-5-19(13-23)27(33)32-21-14-22(32)16-30(15-21)17-24-26(18-8-10-20(28)11-9-18)29-25-7-2-3-12-31(24)25/h2-13,21-22H,14-17H2,1H3. The molecule has 0 aliphatic carbocycles. The predicted molar refractivity (Wildman–Crippen MR) is 132 cm³/mol. The van der Waals surface area contributed by atoms with Gasteiger partial charge in [0.1, 0.15) is 11.4 Å². The molecule has 6 nitrogen and oxygen atoms in total. The number of piperidine rings is 1. The lowest BCUT2D eigenvalue weighted by atomic mass is 9.86. The zero-order valence-corrected chi connectivity index (χ0v) is 19.7. The van der Waals surface area contributed by atoms with Gasteiger partial charge in [-0.15, -0.1) is 0 Å². The number of aromatic nitrogens is 2. The molecular formula is C27H25ClN4O2. The number of piperazine rings is 1. The molecule has 3 aliphatic rings. The molecule has 0 spiro atoms. The van der Waals surface area contributed by atoms with Crippen LogP contribution in [-0.4, -0.2) is 57.4 Å². The Morgan fingerprint density at radius 1 is 1.06 bits per heavy atom. The van der Waals surface area contributed by atoms with E-state index in [2.05, 4.69) is 20.4 Å². The highest BCUT2D eigenvalue weighted by atomic mass is 35.5. The number of rotatable bonds is 5. The topological polar surface area (TPSA) is 50.1 Å². The summed E-state index contributed by atoms with van der Waals surface area (Å²) in [5.74, 6) is 0.803. The summed E-state index contributed by atoms with van der Waals surface area (Å²) in [5, 5.41) is 0.714. The van der Waals surface area contributed by atoms with Crippen molar-refractivity contribution in [1.29, 1.82) is 0 Å². The van der Waals surface area contributed by atoms with Crippen LogP contribution in [0.5, 0.6) is 5.75 Å². The molecule has 0 saturated carbocycles. The number of ether oxygens (including phenoxy) is 1. The van der Waals surface area contributed by atoms with Crippen molar-refractivity contribution in [1.82, 2.24) is 19.2 Å². The van der Waals surface area contributed by atoms with Gasteiger partial charge in [0.2, 0.25) is 0 Å². The molecular weight excluding hydrogens is 448 g/mol. The van der Waals surface area contributed by atoms with Gasteiger partial charge in [-0.05, 0) is 48.9 Å². The van der Waals surface area contributed by atoms with Gasteiger partial charge in [0.25, 0.3) is 5.91 Å². The molecule has 7 rings (SSSR count). The van der Waals surface area contributed by atoms with Crippen LogP contribution >= 0.6 is 11.6 Å². The number of hydrogen-bond acceptors (Lipinski definition) is 4. The van der Waals surface area contributed by atoms with E-state index < -0.39 is 0 Å². The molecule has 1 amide bonds. The number of nitrogens with zero attached hydrogens (tertiary/aromatic N) is 4. The molecule has 0 radical (unpaired) electrons. The molecule has 2 aromatic carbocycles. The maximum absolute atomic E-state index is 13.2. The maximum Gasteiger partial charge on any atom is 0.254 e. The van der Waals surface area contributed by atoms with Crippen LogP contribution in [0.2, 0.25) is 5.02 Å². The number of benzene rings is 2. The lowest BCUT2D eigenvalue weighted by Crippen LogP contribution is -2.69. The lowest BCUT2D eigenvalue weighted by molar-refractivity contribution is -0.0503. The average Bonchev–Trinajstić information content (AvgIpc) is 3.22. The van der Waals surface area contributed by atoms with Crippen LogP contribution in [0.4, 0.5) is 0 Å². The number of pyridine rings is 1. The summed E-state index contributed by atoms with van der Waals surface area (Å²) in [6.45, 7) is 2.48. The largest absolute Gasteiger partial charge is 0.497 e. The highest BCUT2D eigenvalue weighted by Gasteiger charge is 2.47. The number of carbonyl (C=O) groups is 1. The Morgan fingerprint density at radius 3 is 2.62 bits per heavy atom. The smallest absolute Gasteiger partial charge is 0.254 e. The zero-order valence-electron chi connectivity index (χ0n) is 18.9. The Labute approximate surface area is 203 Å². The minimum atomic E-state index is 0.0939. The van der Waals surface area contributed by atoms with E-state index in [-0.39, 0.29) is 18.0 Å². The van der Waals surface area contributed by atoms with Crippen LogP contribution in [0.15, 0.2) is 72.9 Å². The van der Waals surface area contributed by atoms with Crippen LogP contribution in [0.1, 0.15) is 22.5 Å². The SMILES string of the molecule is COc1cccc(C(=O)N2C3CC2CN(Cc2c(-c4ccc(Cl)cc4)nc4ccccn24)C3)c1. The summed E-state index contributed by atoms with van der Waals surface area (Å²) in [6.07, 6.45) is 3.13. The number of halogens is 1. The van der Waals surface area contributed by atoms with E-state index in [4.69, 9.17) is 21.3 Å². The highest BCUT2D eigenvalue weighted by molar-refractivity contribution is 6.30. The summed E-state index contributed by atoms with van der Waals surface area (Å²) in [7, 11) is 1.62. The molecule has 3 aliphatic heterocycles. The summed E-state index contributed by atoms with van der Waals surface area (Å²) in [4.78, 5) is 22.6. The van der Waals surface area contributed by atoms with E-state index in [0.717, 1.165) is 48.7 Å². The van der Waals surface area contributed by atoms with Crippen molar-refractivity contribution in [3.63, 3.8) is 0 Å². The lowest BCUT2D eigenvalue weighted by Gasteiger charge is -2.56. The molecule has 2 bridgehead atoms. The summed E-state index contributed by atoms with van der Waals surface area (Å²) in [5.41, 5.74) is 4.81. The molecule has 2 aromatic heterocycles. The number of amides is 1. The van der Waals surface area contributed by atoms with Gasteiger partial charge in [0.05, 0.1) is 18.5 Å². The van der Waals surface area contributed by atoms with Crippen molar-refractivity contribution in [2.24, 2.45) is 0 Å². The van der Waals surface area contributed by atoms with E-state index in [1.54, 1.807) is 7.11 Å². The van der Waals surface area contributed by atoms with Crippen molar-refractivity contribution in [2.45, 2.75) is 25.0 Å². The fraction of sp³-hybridized carbons (Fsp3) is 0.259. The molecule has 4 aromatic rings. The van der Waals surface area contributed by atoms with Gasteiger partial charge in [0, 0.05) is 54.1 Å². The number of fused-ring (bicyclic) bond motifs is 3. The second kappa shape index (κ2) is 8.46. The Balaban J connectivity index is 1.24. The summed E-state index contributed by atoms with van der Waals surface area (Å²) in [6, 6.07) is 21.8. The Hall–Kier alpha value is -3.35. The first-order chi connectivity index (χ1) is 16.6. The predicted octanol–water partition coefficient (Wildman–Crippen LogP) is 4.76. The molecule has 3 saturated heterocycles. The van der Waals surface area contributed by atoms with Gasteiger partial charge in [-0.2, -0.15) is 0 Å². The van der Waals surface area contributed by atoms with Gasteiger partial charge >= 0.3 is 0 Å². The molecule has 34 heavy (non-hydrogen) atoms. The maximum atomic E-state index is 13.2. The number of methoxy groups -OCH3 is 1. The van der Waals surface area contributed by atoms with Crippen LogP contribution in [-0.2, 0) is 6.54 Å². The quantitative estimate of drug-likeness (QED) is 0.420. The van der Waals surface area contributed by atoms with Gasteiger partial charge in [0.15, 0.2) is 0 Å². The molecule has 3 fully saturated rings. The first-order valence-corrected chi connectivity index (χ1v) is 11.9. The second-order valence-corrected chi connectivity index (χ2v) is 9.46. The van der Waals surface area contributed by atoms with Crippen molar-refractivity contribution in [3.8, 4) is 17.0 Å². The van der Waals surface area contributed by atoms with Gasteiger partial charge in [-0.3, -0.25) is 9.69 Å². The number of hydrogen-bond donors (Lipinski definition) is 0. The van der Waals surface area contributed by atoms with E-state index in [1.165, 1.54) is 0 Å². The number of carbonyl (C=O) groups excluding carboxylic acids is 1. The third kappa shape index (κ3) is 3.63. The Morgan fingerprint density at radius 2 is 1.85 bits per heavy atom. The van der Waals surface area contributed by atoms with Gasteiger partial charge in [-0.25, -0.2) is 4.98 Å². The number of imidazole rings is 1. The first-order valence-electron chi connectivity index (χ1n) is 11.5. The van der Waals surface area contributed by atoms with E-state index >= 15 is 0 Å². The van der Waals surface area contributed by atoms with Crippen LogP contribution < -0.4 is 4.74 Å². The van der Waals surface area contributed by atoms with Crippen LogP contribution in [0.3, 0.4) is 0 Å². The van der Waals surface area contributed by atoms with Crippen molar-refractivity contribution in [3.05, 3.63) is 89.2 Å². The van der Waals surface area contributed by atoms with Crippen LogP contribution in [0.25, 0.3) is 16.9 Å². The second-order valence-electron chi connectivity index (χ2n) is 9.02. The summed E-state index contributed by atoms with van der Waals surface area (Å²) < 4.78 is 7.47. The zero-order chi connectivity index (χ0) is 23.2. The van der Waals surface area contributed by atoms with Crippen LogP contribution in [0, 0.1) is 0 Å². The third-order valence-corrected chi connectivity index (χ3v) is 7.19. The monoisotopic (exact) mass is 472 g/mol. The fourth-order valence-electron chi connectivity index (χ4n) is 5.31. The first kappa shape index (κ1) is 21.2. The fourth-order valence-corrected chi connectivity index (χ4v) is 5.44. The Bertz CT molecular complexity index is 1350. The van der Waals surface area contributed by atoms with Gasteiger partial charge < -0.3 is 14.0 Å². The molecule has 0 N–H and O–H groups in total. The molecule has 172 valence electrons. The van der Waals surface area contributed by atoms with Crippen molar-refractivity contribution < 1.29 is 9.53 Å². The minimum Gasteiger partial charge on any atom is -0.497 e. The highest BCUT2D eigenvalue weighted by Crippen LogP contribution is 2.36. The molecule has 2 atom stereocenters.